The number of aliphatic hydroxyl groups is 1. The summed E-state index contributed by atoms with van der Waals surface area (Å²) < 4.78 is 43.5. The molecular formula is C28H40F2N2O5. The average molecular weight is 523 g/mol. The van der Waals surface area contributed by atoms with Gasteiger partial charge in [-0.05, 0) is 48.4 Å². The first-order valence-electron chi connectivity index (χ1n) is 12.6. The van der Waals surface area contributed by atoms with Crippen molar-refractivity contribution >= 4 is 5.91 Å². The third-order valence-electron chi connectivity index (χ3n) is 6.38. The number of rotatable bonds is 16. The molecular weight excluding hydrogens is 482 g/mol. The Kier molecular flexibility index (Phi) is 12.8. The number of nitrogens with one attached hydrogen (secondary N) is 1. The number of hydrogen-bond acceptors (Lipinski definition) is 6. The molecule has 0 aliphatic carbocycles. The van der Waals surface area contributed by atoms with Crippen molar-refractivity contribution in [2.45, 2.75) is 51.7 Å². The van der Waals surface area contributed by atoms with Gasteiger partial charge in [0.05, 0.1) is 26.2 Å². The van der Waals surface area contributed by atoms with E-state index < -0.39 is 29.7 Å². The van der Waals surface area contributed by atoms with E-state index in [4.69, 9.17) is 19.9 Å². The molecule has 0 saturated carbocycles. The van der Waals surface area contributed by atoms with Crippen molar-refractivity contribution in [2.24, 2.45) is 17.6 Å². The molecule has 0 saturated heterocycles. The number of ether oxygens (including phenoxy) is 3. The molecule has 3 atom stereocenters. The largest absolute Gasteiger partial charge is 0.493 e. The number of benzene rings is 2. The molecule has 0 fully saturated rings. The van der Waals surface area contributed by atoms with Gasteiger partial charge in [-0.25, -0.2) is 8.78 Å². The summed E-state index contributed by atoms with van der Waals surface area (Å²) in [5.74, 6) is -0.796. The Balaban J connectivity index is 1.93. The zero-order valence-electron chi connectivity index (χ0n) is 22.1. The molecule has 2 aromatic carbocycles. The average Bonchev–Trinajstić information content (AvgIpc) is 2.87. The molecule has 0 aromatic heterocycles. The van der Waals surface area contributed by atoms with Crippen LogP contribution in [0.2, 0.25) is 0 Å². The smallest absolute Gasteiger partial charge is 0.224 e. The molecule has 0 heterocycles. The Morgan fingerprint density at radius 3 is 2.54 bits per heavy atom. The van der Waals surface area contributed by atoms with Gasteiger partial charge in [0, 0.05) is 38.3 Å². The van der Waals surface area contributed by atoms with Gasteiger partial charge >= 0.3 is 0 Å². The molecule has 4 N–H and O–H groups in total. The molecule has 9 heteroatoms. The minimum absolute atomic E-state index is 0.0438. The van der Waals surface area contributed by atoms with E-state index in [1.54, 1.807) is 14.2 Å². The topological polar surface area (TPSA) is 103 Å². The number of carbonyl (C=O) groups is 1. The zero-order chi connectivity index (χ0) is 27.4. The Morgan fingerprint density at radius 2 is 1.86 bits per heavy atom. The molecule has 2 rings (SSSR count). The maximum atomic E-state index is 13.8. The standard InChI is InChI=1S/C28H40F2N2O5/c1-18(2)21(13-19-9-10-25(36-4)26(14-19)37-12-6-11-35-3)15-23(31)24(33)17-32-27(34)16-20-7-5-8-22(29)28(20)30/h5,7-10,14,18,21,23-24,33H,6,11-13,15-17,31H2,1-4H3,(H,32,34)/t21-,23-,24-/m0/s1. The minimum Gasteiger partial charge on any atom is -0.493 e. The summed E-state index contributed by atoms with van der Waals surface area (Å²) in [7, 11) is 3.25. The van der Waals surface area contributed by atoms with E-state index in [9.17, 15) is 18.7 Å². The highest BCUT2D eigenvalue weighted by atomic mass is 19.2. The maximum Gasteiger partial charge on any atom is 0.224 e. The molecule has 1 amide bonds. The van der Waals surface area contributed by atoms with Crippen LogP contribution in [0, 0.1) is 23.5 Å². The lowest BCUT2D eigenvalue weighted by Gasteiger charge is -2.27. The van der Waals surface area contributed by atoms with Crippen LogP contribution in [0.25, 0.3) is 0 Å². The normalized spacial score (nSPS) is 13.8. The van der Waals surface area contributed by atoms with Crippen LogP contribution in [-0.2, 0) is 22.4 Å². The number of nitrogens with two attached hydrogens (primary N) is 1. The van der Waals surface area contributed by atoms with Crippen molar-refractivity contribution in [1.82, 2.24) is 5.32 Å². The molecule has 0 bridgehead atoms. The van der Waals surface area contributed by atoms with Gasteiger partial charge in [0.1, 0.15) is 0 Å². The second-order valence-corrected chi connectivity index (χ2v) is 9.55. The van der Waals surface area contributed by atoms with Crippen molar-refractivity contribution in [3.05, 3.63) is 59.2 Å². The fourth-order valence-corrected chi connectivity index (χ4v) is 4.04. The van der Waals surface area contributed by atoms with E-state index in [1.807, 2.05) is 18.2 Å². The van der Waals surface area contributed by atoms with Crippen molar-refractivity contribution in [3.63, 3.8) is 0 Å². The molecule has 37 heavy (non-hydrogen) atoms. The van der Waals surface area contributed by atoms with Gasteiger partial charge in [0.15, 0.2) is 23.1 Å². The van der Waals surface area contributed by atoms with Gasteiger partial charge in [-0.1, -0.05) is 32.0 Å². The van der Waals surface area contributed by atoms with Crippen molar-refractivity contribution in [3.8, 4) is 11.5 Å². The SMILES string of the molecule is COCCCOc1cc(C[C@@H](C[C@H](N)[C@@H](O)CNC(=O)Cc2cccc(F)c2F)C(C)C)ccc1OC. The highest BCUT2D eigenvalue weighted by molar-refractivity contribution is 5.78. The summed E-state index contributed by atoms with van der Waals surface area (Å²) in [6.45, 7) is 5.25. The van der Waals surface area contributed by atoms with Crippen LogP contribution >= 0.6 is 0 Å². The first-order chi connectivity index (χ1) is 17.7. The van der Waals surface area contributed by atoms with Gasteiger partial charge < -0.3 is 30.4 Å². The predicted octanol–water partition coefficient (Wildman–Crippen LogP) is 3.64. The van der Waals surface area contributed by atoms with Crippen LogP contribution < -0.4 is 20.5 Å². The zero-order valence-corrected chi connectivity index (χ0v) is 22.1. The number of carbonyl (C=O) groups excluding carboxylic acids is 1. The first-order valence-corrected chi connectivity index (χ1v) is 12.6. The Bertz CT molecular complexity index is 989. The van der Waals surface area contributed by atoms with Crippen LogP contribution in [0.1, 0.15) is 37.8 Å². The lowest BCUT2D eigenvalue weighted by Crippen LogP contribution is -2.45. The van der Waals surface area contributed by atoms with Gasteiger partial charge in [0.25, 0.3) is 0 Å². The number of hydrogen-bond donors (Lipinski definition) is 3. The lowest BCUT2D eigenvalue weighted by molar-refractivity contribution is -0.121. The van der Waals surface area contributed by atoms with Crippen molar-refractivity contribution in [2.75, 3.05) is 34.0 Å². The molecule has 0 aliphatic rings. The molecule has 0 aliphatic heterocycles. The van der Waals surface area contributed by atoms with Crippen molar-refractivity contribution in [1.29, 1.82) is 0 Å². The second kappa shape index (κ2) is 15.5. The lowest BCUT2D eigenvalue weighted by atomic mass is 9.83. The van der Waals surface area contributed by atoms with Gasteiger partial charge in [-0.2, -0.15) is 0 Å². The number of halogens is 2. The van der Waals surface area contributed by atoms with Crippen LogP contribution in [0.15, 0.2) is 36.4 Å². The summed E-state index contributed by atoms with van der Waals surface area (Å²) >= 11 is 0. The van der Waals surface area contributed by atoms with Gasteiger partial charge in [-0.3, -0.25) is 4.79 Å². The van der Waals surface area contributed by atoms with E-state index in [0.717, 1.165) is 24.5 Å². The van der Waals surface area contributed by atoms with E-state index in [0.29, 0.717) is 31.1 Å². The maximum absolute atomic E-state index is 13.8. The number of methoxy groups -OCH3 is 2. The fourth-order valence-electron chi connectivity index (χ4n) is 4.04. The number of aliphatic hydroxyl groups excluding tert-OH is 1. The van der Waals surface area contributed by atoms with E-state index in [1.165, 1.54) is 12.1 Å². The van der Waals surface area contributed by atoms with Crippen LogP contribution in [0.5, 0.6) is 11.5 Å². The summed E-state index contributed by atoms with van der Waals surface area (Å²) in [6, 6.07) is 8.94. The minimum atomic E-state index is -1.04. The highest BCUT2D eigenvalue weighted by Gasteiger charge is 2.24. The monoisotopic (exact) mass is 522 g/mol. The highest BCUT2D eigenvalue weighted by Crippen LogP contribution is 2.31. The van der Waals surface area contributed by atoms with Gasteiger partial charge in [-0.15, -0.1) is 0 Å². The molecule has 0 unspecified atom stereocenters. The van der Waals surface area contributed by atoms with Gasteiger partial charge in [0.2, 0.25) is 5.91 Å². The van der Waals surface area contributed by atoms with E-state index >= 15 is 0 Å². The Morgan fingerprint density at radius 1 is 1.11 bits per heavy atom. The van der Waals surface area contributed by atoms with Crippen LogP contribution in [0.4, 0.5) is 8.78 Å². The second-order valence-electron chi connectivity index (χ2n) is 9.55. The molecule has 2 aromatic rings. The predicted molar refractivity (Wildman–Crippen MR) is 139 cm³/mol. The van der Waals surface area contributed by atoms with E-state index in [-0.39, 0.29) is 30.4 Å². The first kappa shape index (κ1) is 30.5. The molecule has 0 spiro atoms. The Hall–Kier alpha value is -2.75. The fraction of sp³-hybridized carbons (Fsp3) is 0.536. The Labute approximate surface area is 218 Å². The molecule has 0 radical (unpaired) electrons. The summed E-state index contributed by atoms with van der Waals surface area (Å²) in [5.41, 5.74) is 7.31. The summed E-state index contributed by atoms with van der Waals surface area (Å²) in [5, 5.41) is 13.1. The summed E-state index contributed by atoms with van der Waals surface area (Å²) in [6.07, 6.45) is 0.704. The third-order valence-corrected chi connectivity index (χ3v) is 6.38. The van der Waals surface area contributed by atoms with E-state index in [2.05, 4.69) is 19.2 Å². The number of amides is 1. The van der Waals surface area contributed by atoms with Crippen LogP contribution in [-0.4, -0.2) is 57.1 Å². The molecule has 206 valence electrons. The third kappa shape index (κ3) is 9.91. The quantitative estimate of drug-likeness (QED) is 0.291. The molecule has 7 nitrogen and oxygen atoms in total. The summed E-state index contributed by atoms with van der Waals surface area (Å²) in [4.78, 5) is 12.2. The van der Waals surface area contributed by atoms with Crippen molar-refractivity contribution < 1.29 is 32.9 Å². The van der Waals surface area contributed by atoms with Crippen LogP contribution in [0.3, 0.4) is 0 Å².